The Morgan fingerprint density at radius 2 is 0.797 bits per heavy atom. The van der Waals surface area contributed by atoms with Gasteiger partial charge in [0.2, 0.25) is 0 Å². The average Bonchev–Trinajstić information content (AvgIpc) is 3.71. The van der Waals surface area contributed by atoms with E-state index in [9.17, 15) is 0 Å². The lowest BCUT2D eigenvalue weighted by Gasteiger charge is -2.13. The van der Waals surface area contributed by atoms with Crippen molar-refractivity contribution in [1.29, 1.82) is 0 Å². The summed E-state index contributed by atoms with van der Waals surface area (Å²) >= 11 is 1.84. The van der Waals surface area contributed by atoms with Gasteiger partial charge in [0.15, 0.2) is 23.3 Å². The minimum Gasteiger partial charge on any atom is -0.228 e. The van der Waals surface area contributed by atoms with Crippen LogP contribution in [0.1, 0.15) is 0 Å². The van der Waals surface area contributed by atoms with Crippen LogP contribution in [0.5, 0.6) is 0 Å². The molecule has 5 nitrogen and oxygen atoms in total. The first-order chi connectivity index (χ1) is 29.2. The fraction of sp³-hybridized carbons (Fsp3) is 0. The van der Waals surface area contributed by atoms with Crippen LogP contribution >= 0.6 is 11.3 Å². The van der Waals surface area contributed by atoms with Crippen LogP contribution in [-0.4, -0.2) is 24.9 Å². The number of benzene rings is 8. The van der Waals surface area contributed by atoms with Gasteiger partial charge in [0, 0.05) is 58.9 Å². The second-order valence-corrected chi connectivity index (χ2v) is 15.5. The normalized spacial score (nSPS) is 11.4. The fourth-order valence-corrected chi connectivity index (χ4v) is 9.12. The van der Waals surface area contributed by atoms with Crippen LogP contribution in [0.4, 0.5) is 0 Å². The maximum absolute atomic E-state index is 5.27. The van der Waals surface area contributed by atoms with Crippen LogP contribution in [0.2, 0.25) is 0 Å². The molecule has 11 rings (SSSR count). The van der Waals surface area contributed by atoms with E-state index in [2.05, 4.69) is 121 Å². The van der Waals surface area contributed by atoms with Gasteiger partial charge in [0.1, 0.15) is 0 Å². The van der Waals surface area contributed by atoms with Gasteiger partial charge in [-0.2, -0.15) is 0 Å². The average molecular weight is 772 g/mol. The third kappa shape index (κ3) is 6.52. The molecule has 0 saturated heterocycles. The summed E-state index contributed by atoms with van der Waals surface area (Å²) in [5.74, 6) is 2.57. The predicted octanol–water partition coefficient (Wildman–Crippen LogP) is 13.9. The highest BCUT2D eigenvalue weighted by Crippen LogP contribution is 2.42. The van der Waals surface area contributed by atoms with Gasteiger partial charge < -0.3 is 0 Å². The first kappa shape index (κ1) is 34.6. The van der Waals surface area contributed by atoms with Crippen molar-refractivity contribution in [3.63, 3.8) is 0 Å². The van der Waals surface area contributed by atoms with Crippen molar-refractivity contribution in [3.05, 3.63) is 200 Å². The van der Waals surface area contributed by atoms with Crippen molar-refractivity contribution in [3.8, 4) is 79.2 Å². The molecule has 11 aromatic rings. The molecule has 0 unspecified atom stereocenters. The zero-order valence-corrected chi connectivity index (χ0v) is 32.5. The highest BCUT2D eigenvalue weighted by atomic mass is 32.1. The van der Waals surface area contributed by atoms with Crippen molar-refractivity contribution in [2.75, 3.05) is 0 Å². The maximum Gasteiger partial charge on any atom is 0.164 e. The highest BCUT2D eigenvalue weighted by molar-refractivity contribution is 7.26. The molecule has 0 N–H and O–H groups in total. The summed E-state index contributed by atoms with van der Waals surface area (Å²) in [6.07, 6.45) is 0. The number of nitrogens with zero attached hydrogens (tertiary/aromatic N) is 5. The first-order valence-corrected chi connectivity index (χ1v) is 20.4. The third-order valence-corrected chi connectivity index (χ3v) is 11.9. The molecule has 0 radical (unpaired) electrons. The Morgan fingerprint density at radius 1 is 0.305 bits per heavy atom. The molecule has 0 aliphatic rings. The summed E-state index contributed by atoms with van der Waals surface area (Å²) in [4.78, 5) is 25.4. The van der Waals surface area contributed by atoms with Gasteiger partial charge in [0.05, 0.1) is 11.4 Å². The minimum atomic E-state index is 0.617. The van der Waals surface area contributed by atoms with Crippen molar-refractivity contribution < 1.29 is 0 Å². The quantitative estimate of drug-likeness (QED) is 0.161. The second kappa shape index (κ2) is 14.7. The van der Waals surface area contributed by atoms with Crippen molar-refractivity contribution in [1.82, 2.24) is 24.9 Å². The molecule has 0 bridgehead atoms. The zero-order chi connectivity index (χ0) is 39.1. The van der Waals surface area contributed by atoms with Crippen LogP contribution in [0, 0.1) is 0 Å². The first-order valence-electron chi connectivity index (χ1n) is 19.6. The van der Waals surface area contributed by atoms with Crippen LogP contribution < -0.4 is 0 Å². The molecule has 0 atom stereocenters. The molecule has 0 aliphatic carbocycles. The lowest BCUT2D eigenvalue weighted by Crippen LogP contribution is -2.00. The lowest BCUT2D eigenvalue weighted by molar-refractivity contribution is 1.07. The Hall–Kier alpha value is -7.67. The van der Waals surface area contributed by atoms with E-state index in [1.807, 2.05) is 90.2 Å². The molecule has 3 aromatic heterocycles. The van der Waals surface area contributed by atoms with E-state index in [1.54, 1.807) is 0 Å². The van der Waals surface area contributed by atoms with Gasteiger partial charge in [-0.25, -0.2) is 24.9 Å². The highest BCUT2D eigenvalue weighted by Gasteiger charge is 2.18. The van der Waals surface area contributed by atoms with Gasteiger partial charge >= 0.3 is 0 Å². The molecular weight excluding hydrogens is 739 g/mol. The molecule has 59 heavy (non-hydrogen) atoms. The van der Waals surface area contributed by atoms with Gasteiger partial charge in [0.25, 0.3) is 0 Å². The smallest absolute Gasteiger partial charge is 0.164 e. The van der Waals surface area contributed by atoms with Gasteiger partial charge in [-0.15, -0.1) is 11.3 Å². The van der Waals surface area contributed by atoms with Crippen LogP contribution in [0.3, 0.4) is 0 Å². The summed E-state index contributed by atoms with van der Waals surface area (Å²) in [5, 5.41) is 4.95. The largest absolute Gasteiger partial charge is 0.228 e. The second-order valence-electron chi connectivity index (χ2n) is 14.5. The van der Waals surface area contributed by atoms with Crippen molar-refractivity contribution in [2.24, 2.45) is 0 Å². The number of aromatic nitrogens is 5. The molecular formula is C53H33N5S. The van der Waals surface area contributed by atoms with Gasteiger partial charge in [-0.3, -0.25) is 0 Å². The van der Waals surface area contributed by atoms with Crippen molar-refractivity contribution >= 4 is 42.3 Å². The van der Waals surface area contributed by atoms with E-state index in [-0.39, 0.29) is 0 Å². The minimum absolute atomic E-state index is 0.617. The summed E-state index contributed by atoms with van der Waals surface area (Å²) in [5.41, 5.74) is 9.68. The number of thiophene rings is 1. The van der Waals surface area contributed by atoms with E-state index in [0.717, 1.165) is 55.9 Å². The number of rotatable bonds is 7. The summed E-state index contributed by atoms with van der Waals surface area (Å²) < 4.78 is 2.55. The fourth-order valence-electron chi connectivity index (χ4n) is 7.85. The summed E-state index contributed by atoms with van der Waals surface area (Å²) in [7, 11) is 0. The van der Waals surface area contributed by atoms with Gasteiger partial charge in [-0.1, -0.05) is 176 Å². The van der Waals surface area contributed by atoms with Crippen molar-refractivity contribution in [2.45, 2.75) is 0 Å². The third-order valence-electron chi connectivity index (χ3n) is 10.7. The maximum atomic E-state index is 5.27. The van der Waals surface area contributed by atoms with Crippen LogP contribution in [0.15, 0.2) is 200 Å². The summed E-state index contributed by atoms with van der Waals surface area (Å²) in [6, 6.07) is 69.2. The molecule has 6 heteroatoms. The number of fused-ring (bicyclic) bond motifs is 5. The van der Waals surface area contributed by atoms with Crippen LogP contribution in [-0.2, 0) is 0 Å². The van der Waals surface area contributed by atoms with E-state index in [0.29, 0.717) is 23.3 Å². The standard InChI is InChI=1S/C53H33N5S/c1-4-15-35(16-5-1)50-54-45(33-46(55-50)44-27-14-21-34-29-30-43-42-26-10-11-28-47(42)59-49(43)48(34)44)40-24-12-22-38(31-40)39-23-13-25-41(32-39)53-57-51(36-17-6-2-7-18-36)56-52(58-53)37-19-8-3-9-20-37/h1-33H. The Morgan fingerprint density at radius 3 is 1.46 bits per heavy atom. The molecule has 0 fully saturated rings. The SMILES string of the molecule is c1ccc(-c2nc(-c3cccc(-c4cccc(-c5nc(-c6ccccc6)nc(-c6ccccc6)n5)c4)c3)cc(-c3cccc4ccc5c6ccccc6sc5c34)n2)cc1. The lowest BCUT2D eigenvalue weighted by atomic mass is 9.97. The summed E-state index contributed by atoms with van der Waals surface area (Å²) in [6.45, 7) is 0. The Bertz CT molecular complexity index is 3270. The zero-order valence-electron chi connectivity index (χ0n) is 31.7. The molecule has 3 heterocycles. The topological polar surface area (TPSA) is 64.5 Å². The van der Waals surface area contributed by atoms with E-state index >= 15 is 0 Å². The van der Waals surface area contributed by atoms with Gasteiger partial charge in [-0.05, 0) is 40.8 Å². The monoisotopic (exact) mass is 771 g/mol. The van der Waals surface area contributed by atoms with Crippen LogP contribution in [0.25, 0.3) is 110 Å². The number of hydrogen-bond acceptors (Lipinski definition) is 6. The predicted molar refractivity (Wildman–Crippen MR) is 244 cm³/mol. The molecule has 8 aromatic carbocycles. The van der Waals surface area contributed by atoms with E-state index < -0.39 is 0 Å². The molecule has 0 spiro atoms. The number of hydrogen-bond donors (Lipinski definition) is 0. The van der Waals surface area contributed by atoms with E-state index in [4.69, 9.17) is 24.9 Å². The Labute approximate surface area is 345 Å². The Kier molecular flexibility index (Phi) is 8.60. The molecule has 0 aliphatic heterocycles. The molecule has 0 saturated carbocycles. The van der Waals surface area contributed by atoms with E-state index in [1.165, 1.54) is 30.9 Å². The Balaban J connectivity index is 1.04. The molecule has 276 valence electrons. The molecule has 0 amide bonds.